The van der Waals surface area contributed by atoms with Crippen molar-refractivity contribution in [1.82, 2.24) is 19.9 Å². The minimum atomic E-state index is -0.0176. The number of carbonyl (C=O) groups is 1. The van der Waals surface area contributed by atoms with Gasteiger partial charge in [-0.15, -0.1) is 11.3 Å². The smallest absolute Gasteiger partial charge is 0.226 e. The zero-order valence-electron chi connectivity index (χ0n) is 22.3. The number of aromatic nitrogens is 3. The fourth-order valence-electron chi connectivity index (χ4n) is 4.96. The molecular formula is C33H28N6OS. The number of amides is 1. The summed E-state index contributed by atoms with van der Waals surface area (Å²) in [6.45, 7) is 1.81. The van der Waals surface area contributed by atoms with Crippen molar-refractivity contribution in [2.75, 3.05) is 5.32 Å². The van der Waals surface area contributed by atoms with Gasteiger partial charge in [0.2, 0.25) is 5.91 Å². The normalized spacial score (nSPS) is 10.9. The second kappa shape index (κ2) is 11.9. The van der Waals surface area contributed by atoms with Gasteiger partial charge in [-0.3, -0.25) is 4.79 Å². The van der Waals surface area contributed by atoms with Crippen molar-refractivity contribution in [2.45, 2.75) is 26.1 Å². The first-order valence-electron chi connectivity index (χ1n) is 13.4. The fraction of sp³-hybridized carbons (Fsp3) is 0.121. The summed E-state index contributed by atoms with van der Waals surface area (Å²) in [5.74, 6) is -0.0176. The highest BCUT2D eigenvalue weighted by molar-refractivity contribution is 7.09. The van der Waals surface area contributed by atoms with Gasteiger partial charge in [0, 0.05) is 45.5 Å². The van der Waals surface area contributed by atoms with E-state index in [-0.39, 0.29) is 12.3 Å². The van der Waals surface area contributed by atoms with Crippen LogP contribution >= 0.6 is 11.3 Å². The molecule has 0 aliphatic carbocycles. The Kier molecular flexibility index (Phi) is 7.61. The van der Waals surface area contributed by atoms with Gasteiger partial charge >= 0.3 is 0 Å². The van der Waals surface area contributed by atoms with Gasteiger partial charge in [-0.2, -0.15) is 5.26 Å². The van der Waals surface area contributed by atoms with Crippen LogP contribution in [0.5, 0.6) is 0 Å². The predicted molar refractivity (Wildman–Crippen MR) is 163 cm³/mol. The van der Waals surface area contributed by atoms with Crippen LogP contribution in [0.1, 0.15) is 27.4 Å². The van der Waals surface area contributed by atoms with Crippen LogP contribution in [0.25, 0.3) is 22.0 Å². The average molecular weight is 557 g/mol. The van der Waals surface area contributed by atoms with Crippen molar-refractivity contribution < 1.29 is 4.79 Å². The maximum absolute atomic E-state index is 12.9. The number of nitrogens with one attached hydrogen (secondary N) is 3. The zero-order chi connectivity index (χ0) is 28.0. The number of aromatic amines is 1. The zero-order valence-corrected chi connectivity index (χ0v) is 23.1. The molecule has 0 radical (unpaired) electrons. The largest absolute Gasteiger partial charge is 0.379 e. The van der Waals surface area contributed by atoms with Crippen LogP contribution in [-0.4, -0.2) is 20.4 Å². The van der Waals surface area contributed by atoms with Crippen LogP contribution in [0.3, 0.4) is 0 Å². The fourth-order valence-corrected chi connectivity index (χ4v) is 5.60. The van der Waals surface area contributed by atoms with E-state index in [1.54, 1.807) is 11.3 Å². The standard InChI is InChI=1S/C33H28N6OS/c34-17-23-8-10-24(11-9-23)21-39-22-35-18-27(39)19-36-26-12-13-30-29(15-26)33(25-5-2-1-3-6-25)31(38-30)16-32(40)37-20-28-7-4-14-41-28/h1-15,18,22,36,38H,16,19-21H2,(H,37,40). The van der Waals surface area contributed by atoms with Crippen molar-refractivity contribution >= 4 is 33.8 Å². The number of nitrogens with zero attached hydrogens (tertiary/aromatic N) is 3. The van der Waals surface area contributed by atoms with E-state index in [1.807, 2.05) is 72.5 Å². The molecule has 7 nitrogen and oxygen atoms in total. The number of fused-ring (bicyclic) bond motifs is 1. The van der Waals surface area contributed by atoms with E-state index in [4.69, 9.17) is 5.26 Å². The summed E-state index contributed by atoms with van der Waals surface area (Å²) in [7, 11) is 0. The third-order valence-electron chi connectivity index (χ3n) is 7.02. The summed E-state index contributed by atoms with van der Waals surface area (Å²) in [5, 5.41) is 18.7. The molecule has 1 amide bonds. The van der Waals surface area contributed by atoms with Crippen molar-refractivity contribution in [3.05, 3.63) is 130 Å². The van der Waals surface area contributed by atoms with Crippen LogP contribution in [0.2, 0.25) is 0 Å². The van der Waals surface area contributed by atoms with Crippen molar-refractivity contribution in [1.29, 1.82) is 5.26 Å². The van der Waals surface area contributed by atoms with Gasteiger partial charge in [0.05, 0.1) is 43.2 Å². The Labute approximate surface area is 242 Å². The number of rotatable bonds is 10. The Morgan fingerprint density at radius 2 is 1.85 bits per heavy atom. The minimum Gasteiger partial charge on any atom is -0.379 e. The van der Waals surface area contributed by atoms with Gasteiger partial charge in [0.15, 0.2) is 0 Å². The molecule has 6 rings (SSSR count). The highest BCUT2D eigenvalue weighted by atomic mass is 32.1. The van der Waals surface area contributed by atoms with Gasteiger partial charge < -0.3 is 20.2 Å². The molecule has 0 saturated carbocycles. The third-order valence-corrected chi connectivity index (χ3v) is 7.90. The molecule has 0 bridgehead atoms. The molecular weight excluding hydrogens is 528 g/mol. The number of hydrogen-bond acceptors (Lipinski definition) is 5. The number of nitriles is 1. The monoisotopic (exact) mass is 556 g/mol. The van der Waals surface area contributed by atoms with E-state index in [2.05, 4.69) is 61.6 Å². The molecule has 3 N–H and O–H groups in total. The van der Waals surface area contributed by atoms with E-state index < -0.39 is 0 Å². The lowest BCUT2D eigenvalue weighted by Gasteiger charge is -2.11. The molecule has 0 aliphatic rings. The Morgan fingerprint density at radius 3 is 2.63 bits per heavy atom. The molecule has 0 atom stereocenters. The van der Waals surface area contributed by atoms with Crippen molar-refractivity contribution in [3.8, 4) is 17.2 Å². The summed E-state index contributed by atoms with van der Waals surface area (Å²) in [5.41, 5.74) is 7.78. The SMILES string of the molecule is N#Cc1ccc(Cn2cncc2CNc2ccc3[nH]c(CC(=O)NCc4cccs4)c(-c4ccccc4)c3c2)cc1. The first-order chi connectivity index (χ1) is 20.2. The molecule has 3 heterocycles. The Balaban J connectivity index is 1.22. The quantitative estimate of drug-likeness (QED) is 0.180. The van der Waals surface area contributed by atoms with Crippen LogP contribution in [0, 0.1) is 11.3 Å². The van der Waals surface area contributed by atoms with Crippen LogP contribution in [0.4, 0.5) is 5.69 Å². The summed E-state index contributed by atoms with van der Waals surface area (Å²) in [4.78, 5) is 21.9. The first-order valence-corrected chi connectivity index (χ1v) is 14.3. The highest BCUT2D eigenvalue weighted by Crippen LogP contribution is 2.34. The van der Waals surface area contributed by atoms with Gasteiger partial charge in [-0.1, -0.05) is 48.5 Å². The molecule has 41 heavy (non-hydrogen) atoms. The van der Waals surface area contributed by atoms with Gasteiger partial charge in [0.1, 0.15) is 0 Å². The lowest BCUT2D eigenvalue weighted by molar-refractivity contribution is -0.120. The topological polar surface area (TPSA) is 98.5 Å². The summed E-state index contributed by atoms with van der Waals surface area (Å²) >= 11 is 1.64. The van der Waals surface area contributed by atoms with Crippen molar-refractivity contribution in [2.24, 2.45) is 0 Å². The van der Waals surface area contributed by atoms with Crippen molar-refractivity contribution in [3.63, 3.8) is 0 Å². The summed E-state index contributed by atoms with van der Waals surface area (Å²) in [6.07, 6.45) is 3.96. The molecule has 0 fully saturated rings. The lowest BCUT2D eigenvalue weighted by atomic mass is 10.00. The van der Waals surface area contributed by atoms with E-state index in [0.29, 0.717) is 25.2 Å². The molecule has 0 aliphatic heterocycles. The number of anilines is 1. The predicted octanol–water partition coefficient (Wildman–Crippen LogP) is 6.48. The molecule has 3 aromatic carbocycles. The average Bonchev–Trinajstić information content (AvgIpc) is 3.76. The second-order valence-electron chi connectivity index (χ2n) is 9.81. The van der Waals surface area contributed by atoms with Crippen LogP contribution in [-0.2, 0) is 30.8 Å². The number of hydrogen-bond donors (Lipinski definition) is 3. The van der Waals surface area contributed by atoms with E-state index in [1.165, 1.54) is 0 Å². The molecule has 6 aromatic rings. The third kappa shape index (κ3) is 6.06. The molecule has 8 heteroatoms. The molecule has 0 spiro atoms. The number of thiophene rings is 1. The van der Waals surface area contributed by atoms with Gasteiger partial charge in [0.25, 0.3) is 0 Å². The molecule has 3 aromatic heterocycles. The Bertz CT molecular complexity index is 1810. The Morgan fingerprint density at radius 1 is 1.00 bits per heavy atom. The van der Waals surface area contributed by atoms with Gasteiger partial charge in [-0.05, 0) is 52.9 Å². The highest BCUT2D eigenvalue weighted by Gasteiger charge is 2.17. The lowest BCUT2D eigenvalue weighted by Crippen LogP contribution is -2.24. The van der Waals surface area contributed by atoms with E-state index in [0.717, 1.165) is 49.5 Å². The first kappa shape index (κ1) is 26.1. The summed E-state index contributed by atoms with van der Waals surface area (Å²) < 4.78 is 2.10. The maximum atomic E-state index is 12.9. The number of imidazole rings is 1. The Hall–Kier alpha value is -5.13. The van der Waals surface area contributed by atoms with Gasteiger partial charge in [-0.25, -0.2) is 4.98 Å². The second-order valence-corrected chi connectivity index (χ2v) is 10.8. The number of carbonyl (C=O) groups excluding carboxylic acids is 1. The maximum Gasteiger partial charge on any atom is 0.226 e. The number of H-pyrrole nitrogens is 1. The van der Waals surface area contributed by atoms with E-state index in [9.17, 15) is 4.79 Å². The minimum absolute atomic E-state index is 0.0176. The van der Waals surface area contributed by atoms with Crippen LogP contribution < -0.4 is 10.6 Å². The van der Waals surface area contributed by atoms with Crippen LogP contribution in [0.15, 0.2) is 103 Å². The van der Waals surface area contributed by atoms with E-state index >= 15 is 0 Å². The number of benzene rings is 3. The molecule has 0 saturated heterocycles. The molecule has 202 valence electrons. The summed E-state index contributed by atoms with van der Waals surface area (Å²) in [6, 6.07) is 30.2. The molecule has 0 unspecified atom stereocenters.